The maximum atomic E-state index is 12.8. The summed E-state index contributed by atoms with van der Waals surface area (Å²) in [6.45, 7) is 3.85. The van der Waals surface area contributed by atoms with Gasteiger partial charge in [-0.15, -0.1) is 0 Å². The molecule has 144 valence electrons. The fourth-order valence-corrected chi connectivity index (χ4v) is 3.83. The van der Waals surface area contributed by atoms with Gasteiger partial charge in [0, 0.05) is 49.2 Å². The first-order valence-electron chi connectivity index (χ1n) is 9.49. The molecule has 2 heterocycles. The van der Waals surface area contributed by atoms with E-state index in [1.54, 1.807) is 0 Å². The molecule has 6 heteroatoms. The van der Waals surface area contributed by atoms with E-state index >= 15 is 0 Å². The standard InChI is InChI=1S/C22H23N3O3/c26-20(14-18-17-8-4-5-9-19(17)23-21(18)22(27)28)25-12-10-24(11-13-25)15-16-6-2-1-3-7-16/h1-9,23H,10-15H2,(H,27,28). The van der Waals surface area contributed by atoms with Gasteiger partial charge in [0.25, 0.3) is 0 Å². The second kappa shape index (κ2) is 7.86. The zero-order valence-corrected chi connectivity index (χ0v) is 15.6. The van der Waals surface area contributed by atoms with Gasteiger partial charge in [-0.05, 0) is 11.6 Å². The summed E-state index contributed by atoms with van der Waals surface area (Å²) in [5.74, 6) is -1.06. The minimum absolute atomic E-state index is 0.0217. The van der Waals surface area contributed by atoms with E-state index in [9.17, 15) is 14.7 Å². The van der Waals surface area contributed by atoms with Gasteiger partial charge in [-0.25, -0.2) is 4.79 Å². The predicted octanol–water partition coefficient (Wildman–Crippen LogP) is 2.75. The fraction of sp³-hybridized carbons (Fsp3) is 0.273. The molecular formula is C22H23N3O3. The number of piperazine rings is 1. The lowest BCUT2D eigenvalue weighted by molar-refractivity contribution is -0.132. The van der Waals surface area contributed by atoms with Gasteiger partial charge in [-0.1, -0.05) is 48.5 Å². The Labute approximate surface area is 163 Å². The van der Waals surface area contributed by atoms with Gasteiger partial charge in [0.1, 0.15) is 5.69 Å². The molecule has 0 radical (unpaired) electrons. The molecule has 1 fully saturated rings. The van der Waals surface area contributed by atoms with Crippen LogP contribution in [0.2, 0.25) is 0 Å². The number of nitrogens with one attached hydrogen (secondary N) is 1. The topological polar surface area (TPSA) is 76.6 Å². The average Bonchev–Trinajstić information content (AvgIpc) is 3.08. The molecule has 2 N–H and O–H groups in total. The molecule has 0 saturated carbocycles. The van der Waals surface area contributed by atoms with Gasteiger partial charge in [-0.3, -0.25) is 9.69 Å². The van der Waals surface area contributed by atoms with E-state index in [0.717, 1.165) is 30.5 Å². The lowest BCUT2D eigenvalue weighted by atomic mass is 10.1. The molecule has 4 rings (SSSR count). The number of nitrogens with zero attached hydrogens (tertiary/aromatic N) is 2. The number of fused-ring (bicyclic) bond motifs is 1. The average molecular weight is 377 g/mol. The van der Waals surface area contributed by atoms with Crippen molar-refractivity contribution in [2.45, 2.75) is 13.0 Å². The molecule has 2 aromatic carbocycles. The first kappa shape index (κ1) is 18.3. The van der Waals surface area contributed by atoms with E-state index in [0.29, 0.717) is 18.7 Å². The van der Waals surface area contributed by atoms with Crippen molar-refractivity contribution in [2.75, 3.05) is 26.2 Å². The zero-order chi connectivity index (χ0) is 19.5. The number of aromatic carboxylic acids is 1. The Kier molecular flexibility index (Phi) is 5.12. The number of rotatable bonds is 5. The molecule has 0 spiro atoms. The highest BCUT2D eigenvalue weighted by Gasteiger charge is 2.25. The number of aromatic amines is 1. The summed E-state index contributed by atoms with van der Waals surface area (Å²) in [5, 5.41) is 10.3. The molecular weight excluding hydrogens is 354 g/mol. The van der Waals surface area contributed by atoms with Crippen LogP contribution in [0.4, 0.5) is 0 Å². The lowest BCUT2D eigenvalue weighted by Crippen LogP contribution is -2.48. The van der Waals surface area contributed by atoms with Crippen molar-refractivity contribution >= 4 is 22.8 Å². The lowest BCUT2D eigenvalue weighted by Gasteiger charge is -2.34. The highest BCUT2D eigenvalue weighted by atomic mass is 16.4. The normalized spacial score (nSPS) is 15.1. The monoisotopic (exact) mass is 377 g/mol. The highest BCUT2D eigenvalue weighted by Crippen LogP contribution is 2.24. The second-order valence-corrected chi connectivity index (χ2v) is 7.15. The van der Waals surface area contributed by atoms with E-state index in [1.807, 2.05) is 47.4 Å². The van der Waals surface area contributed by atoms with Crippen molar-refractivity contribution in [3.8, 4) is 0 Å². The number of para-hydroxylation sites is 1. The smallest absolute Gasteiger partial charge is 0.352 e. The number of aromatic nitrogens is 1. The van der Waals surface area contributed by atoms with Gasteiger partial charge < -0.3 is 15.0 Å². The molecule has 1 saturated heterocycles. The number of hydrogen-bond donors (Lipinski definition) is 2. The summed E-state index contributed by atoms with van der Waals surface area (Å²) in [5.41, 5.74) is 2.69. The first-order valence-corrected chi connectivity index (χ1v) is 9.49. The quantitative estimate of drug-likeness (QED) is 0.717. The highest BCUT2D eigenvalue weighted by molar-refractivity contribution is 6.00. The van der Waals surface area contributed by atoms with Gasteiger partial charge in [0.05, 0.1) is 6.42 Å². The summed E-state index contributed by atoms with van der Waals surface area (Å²) in [6.07, 6.45) is 0.102. The number of carboxylic acid groups (broad SMARTS) is 1. The summed E-state index contributed by atoms with van der Waals surface area (Å²) < 4.78 is 0. The number of amides is 1. The molecule has 1 amide bonds. The molecule has 1 aliphatic heterocycles. The maximum Gasteiger partial charge on any atom is 0.352 e. The van der Waals surface area contributed by atoms with Crippen molar-refractivity contribution in [1.29, 1.82) is 0 Å². The minimum atomic E-state index is -1.04. The van der Waals surface area contributed by atoms with E-state index in [2.05, 4.69) is 22.0 Å². The number of carboxylic acids is 1. The Morgan fingerprint density at radius 2 is 1.61 bits per heavy atom. The number of carbonyl (C=O) groups excluding carboxylic acids is 1. The van der Waals surface area contributed by atoms with Crippen LogP contribution in [-0.4, -0.2) is 57.9 Å². The summed E-state index contributed by atoms with van der Waals surface area (Å²) in [7, 11) is 0. The third-order valence-corrected chi connectivity index (χ3v) is 5.33. The number of carbonyl (C=O) groups is 2. The molecule has 0 bridgehead atoms. The van der Waals surface area contributed by atoms with E-state index in [4.69, 9.17) is 0 Å². The Hall–Kier alpha value is -3.12. The van der Waals surface area contributed by atoms with Crippen molar-refractivity contribution in [2.24, 2.45) is 0 Å². The maximum absolute atomic E-state index is 12.8. The van der Waals surface area contributed by atoms with Crippen LogP contribution < -0.4 is 0 Å². The van der Waals surface area contributed by atoms with Gasteiger partial charge in [0.15, 0.2) is 0 Å². The van der Waals surface area contributed by atoms with Crippen LogP contribution in [-0.2, 0) is 17.8 Å². The third-order valence-electron chi connectivity index (χ3n) is 5.33. The third kappa shape index (κ3) is 3.77. The number of hydrogen-bond acceptors (Lipinski definition) is 3. The van der Waals surface area contributed by atoms with E-state index < -0.39 is 5.97 Å². The van der Waals surface area contributed by atoms with Crippen LogP contribution >= 0.6 is 0 Å². The fourth-order valence-electron chi connectivity index (χ4n) is 3.83. The summed E-state index contributed by atoms with van der Waals surface area (Å²) >= 11 is 0. The number of H-pyrrole nitrogens is 1. The Morgan fingerprint density at radius 3 is 2.32 bits per heavy atom. The van der Waals surface area contributed by atoms with E-state index in [1.165, 1.54) is 5.56 Å². The van der Waals surface area contributed by atoms with Crippen molar-refractivity contribution < 1.29 is 14.7 Å². The molecule has 6 nitrogen and oxygen atoms in total. The first-order chi connectivity index (χ1) is 13.6. The Balaban J connectivity index is 1.42. The Bertz CT molecular complexity index is 989. The van der Waals surface area contributed by atoms with Crippen molar-refractivity contribution in [3.63, 3.8) is 0 Å². The molecule has 28 heavy (non-hydrogen) atoms. The molecule has 3 aromatic rings. The molecule has 0 atom stereocenters. The predicted molar refractivity (Wildman–Crippen MR) is 107 cm³/mol. The van der Waals surface area contributed by atoms with Crippen LogP contribution in [0, 0.1) is 0 Å². The van der Waals surface area contributed by atoms with Crippen LogP contribution in [0.1, 0.15) is 21.6 Å². The van der Waals surface area contributed by atoms with Crippen LogP contribution in [0.5, 0.6) is 0 Å². The minimum Gasteiger partial charge on any atom is -0.477 e. The summed E-state index contributed by atoms with van der Waals surface area (Å²) in [4.78, 5) is 31.6. The molecule has 0 aliphatic carbocycles. The second-order valence-electron chi connectivity index (χ2n) is 7.15. The van der Waals surface area contributed by atoms with Crippen molar-refractivity contribution in [3.05, 3.63) is 71.4 Å². The molecule has 1 aromatic heterocycles. The molecule has 0 unspecified atom stereocenters. The largest absolute Gasteiger partial charge is 0.477 e. The van der Waals surface area contributed by atoms with Crippen LogP contribution in [0.3, 0.4) is 0 Å². The van der Waals surface area contributed by atoms with Gasteiger partial charge >= 0.3 is 5.97 Å². The van der Waals surface area contributed by atoms with Crippen LogP contribution in [0.15, 0.2) is 54.6 Å². The van der Waals surface area contributed by atoms with Crippen LogP contribution in [0.25, 0.3) is 10.9 Å². The van der Waals surface area contributed by atoms with E-state index in [-0.39, 0.29) is 18.0 Å². The van der Waals surface area contributed by atoms with Gasteiger partial charge in [-0.2, -0.15) is 0 Å². The SMILES string of the molecule is O=C(O)c1[nH]c2ccccc2c1CC(=O)N1CCN(Cc2ccccc2)CC1. The zero-order valence-electron chi connectivity index (χ0n) is 15.6. The Morgan fingerprint density at radius 1 is 0.929 bits per heavy atom. The molecule has 1 aliphatic rings. The summed E-state index contributed by atoms with van der Waals surface area (Å²) in [6, 6.07) is 17.7. The van der Waals surface area contributed by atoms with Gasteiger partial charge in [0.2, 0.25) is 5.91 Å². The number of benzene rings is 2. The van der Waals surface area contributed by atoms with Crippen molar-refractivity contribution in [1.82, 2.24) is 14.8 Å².